The van der Waals surface area contributed by atoms with E-state index in [-0.39, 0.29) is 6.03 Å². The molecule has 1 atom stereocenters. The largest absolute Gasteiger partial charge is 0.325 e. The Hall–Kier alpha value is -1.55. The van der Waals surface area contributed by atoms with Crippen LogP contribution in [0.1, 0.15) is 24.8 Å². The van der Waals surface area contributed by atoms with E-state index in [4.69, 9.17) is 0 Å². The molecule has 0 spiro atoms. The molecule has 0 aliphatic carbocycles. The number of nitrogens with zero attached hydrogens (tertiary/aromatic N) is 2. The normalized spacial score (nSPS) is 22.8. The van der Waals surface area contributed by atoms with Gasteiger partial charge in [0.25, 0.3) is 0 Å². The number of nitrogens with one attached hydrogen (secondary N) is 1. The molecule has 120 valence electrons. The highest BCUT2D eigenvalue weighted by atomic mass is 16.2. The molecule has 1 aromatic carbocycles. The summed E-state index contributed by atoms with van der Waals surface area (Å²) in [4.78, 5) is 16.6. The highest BCUT2D eigenvalue weighted by Crippen LogP contribution is 2.23. The van der Waals surface area contributed by atoms with Crippen LogP contribution in [0.5, 0.6) is 0 Å². The number of amides is 2. The fraction of sp³-hybridized carbons (Fsp3) is 0.611. The Morgan fingerprint density at radius 1 is 1.23 bits per heavy atom. The second-order valence-electron chi connectivity index (χ2n) is 6.66. The van der Waals surface area contributed by atoms with Gasteiger partial charge in [0, 0.05) is 32.7 Å². The van der Waals surface area contributed by atoms with E-state index < -0.39 is 0 Å². The summed E-state index contributed by atoms with van der Waals surface area (Å²) in [6.07, 6.45) is 4.47. The lowest BCUT2D eigenvalue weighted by Gasteiger charge is -2.36. The van der Waals surface area contributed by atoms with E-state index in [9.17, 15) is 4.79 Å². The first-order valence-corrected chi connectivity index (χ1v) is 8.50. The summed E-state index contributed by atoms with van der Waals surface area (Å²) < 4.78 is 0. The van der Waals surface area contributed by atoms with Gasteiger partial charge in [-0.05, 0) is 43.7 Å². The first-order valence-electron chi connectivity index (χ1n) is 8.50. The predicted octanol–water partition coefficient (Wildman–Crippen LogP) is 2.35. The Labute approximate surface area is 133 Å². The number of hydrogen-bond acceptors (Lipinski definition) is 2. The molecule has 2 aliphatic heterocycles. The van der Waals surface area contributed by atoms with Gasteiger partial charge >= 0.3 is 6.03 Å². The number of likely N-dealkylation sites (N-methyl/N-ethyl adjacent to an activating group) is 1. The second kappa shape index (κ2) is 7.14. The molecule has 22 heavy (non-hydrogen) atoms. The number of rotatable bonds is 3. The molecule has 3 rings (SSSR count). The van der Waals surface area contributed by atoms with Crippen molar-refractivity contribution >= 4 is 6.03 Å². The zero-order valence-electron chi connectivity index (χ0n) is 13.5. The molecule has 2 amide bonds. The van der Waals surface area contributed by atoms with E-state index in [2.05, 4.69) is 35.6 Å². The van der Waals surface area contributed by atoms with Gasteiger partial charge in [0.1, 0.15) is 0 Å². The van der Waals surface area contributed by atoms with E-state index in [1.54, 1.807) is 0 Å². The third kappa shape index (κ3) is 3.61. The molecule has 2 saturated heterocycles. The average molecular weight is 301 g/mol. The van der Waals surface area contributed by atoms with Gasteiger partial charge in [-0.2, -0.15) is 0 Å². The topological polar surface area (TPSA) is 35.6 Å². The third-order valence-electron chi connectivity index (χ3n) is 5.14. The lowest BCUT2D eigenvalue weighted by Crippen LogP contribution is -2.49. The number of urea groups is 1. The minimum atomic E-state index is 0.215. The molecule has 1 unspecified atom stereocenters. The highest BCUT2D eigenvalue weighted by Gasteiger charge is 2.29. The van der Waals surface area contributed by atoms with Crippen molar-refractivity contribution in [2.24, 2.45) is 5.92 Å². The van der Waals surface area contributed by atoms with Crippen molar-refractivity contribution in [1.82, 2.24) is 15.1 Å². The summed E-state index contributed by atoms with van der Waals surface area (Å²) in [6, 6.07) is 11.3. The lowest BCUT2D eigenvalue weighted by atomic mass is 9.90. The molecule has 2 aliphatic rings. The molecule has 0 radical (unpaired) electrons. The lowest BCUT2D eigenvalue weighted by molar-refractivity contribution is 0.129. The van der Waals surface area contributed by atoms with Crippen LogP contribution in [-0.2, 0) is 6.42 Å². The van der Waals surface area contributed by atoms with Crippen molar-refractivity contribution in [2.75, 3.05) is 33.2 Å². The highest BCUT2D eigenvalue weighted by molar-refractivity contribution is 5.74. The van der Waals surface area contributed by atoms with E-state index in [0.29, 0.717) is 12.0 Å². The summed E-state index contributed by atoms with van der Waals surface area (Å²) in [6.45, 7) is 3.77. The van der Waals surface area contributed by atoms with Crippen molar-refractivity contribution in [3.8, 4) is 0 Å². The first kappa shape index (κ1) is 15.3. The summed E-state index contributed by atoms with van der Waals surface area (Å²) in [5.41, 5.74) is 1.42. The number of piperidine rings is 1. The Balaban J connectivity index is 1.47. The van der Waals surface area contributed by atoms with Crippen LogP contribution in [-0.4, -0.2) is 55.1 Å². The number of benzene rings is 1. The molecule has 1 aromatic rings. The Morgan fingerprint density at radius 2 is 1.95 bits per heavy atom. The van der Waals surface area contributed by atoms with Gasteiger partial charge in [-0.3, -0.25) is 0 Å². The molecular weight excluding hydrogens is 274 g/mol. The maximum atomic E-state index is 12.6. The summed E-state index contributed by atoms with van der Waals surface area (Å²) in [5, 5.41) is 3.33. The number of likely N-dealkylation sites (tertiary alicyclic amines) is 1. The molecule has 0 aromatic heterocycles. The van der Waals surface area contributed by atoms with Gasteiger partial charge in [0.15, 0.2) is 0 Å². The number of hydrogen-bond donors (Lipinski definition) is 1. The van der Waals surface area contributed by atoms with Crippen molar-refractivity contribution in [3.63, 3.8) is 0 Å². The van der Waals surface area contributed by atoms with Crippen molar-refractivity contribution < 1.29 is 4.79 Å². The van der Waals surface area contributed by atoms with Crippen LogP contribution in [0, 0.1) is 5.92 Å². The van der Waals surface area contributed by atoms with Crippen LogP contribution in [0.15, 0.2) is 30.3 Å². The Morgan fingerprint density at radius 3 is 2.59 bits per heavy atom. The summed E-state index contributed by atoms with van der Waals surface area (Å²) in [5.74, 6) is 0.713. The SMILES string of the molecule is CN(C(=O)N1CCC(Cc2ccccc2)CC1)C1CCNC1. The molecular formula is C18H27N3O. The number of carbonyl (C=O) groups is 1. The van der Waals surface area contributed by atoms with Crippen LogP contribution in [0.25, 0.3) is 0 Å². The van der Waals surface area contributed by atoms with Crippen LogP contribution in [0.2, 0.25) is 0 Å². The minimum Gasteiger partial charge on any atom is -0.325 e. The summed E-state index contributed by atoms with van der Waals surface area (Å²) in [7, 11) is 1.95. The fourth-order valence-electron chi connectivity index (χ4n) is 3.63. The maximum Gasteiger partial charge on any atom is 0.320 e. The zero-order chi connectivity index (χ0) is 15.4. The van der Waals surface area contributed by atoms with Crippen molar-refractivity contribution in [1.29, 1.82) is 0 Å². The minimum absolute atomic E-state index is 0.215. The fourth-order valence-corrected chi connectivity index (χ4v) is 3.63. The van der Waals surface area contributed by atoms with Gasteiger partial charge in [0.2, 0.25) is 0 Å². The standard InChI is InChI=1S/C18H27N3O/c1-20(17-7-10-19-14-17)18(22)21-11-8-16(9-12-21)13-15-5-3-2-4-6-15/h2-6,16-17,19H,7-14H2,1H3. The van der Waals surface area contributed by atoms with Crippen molar-refractivity contribution in [3.05, 3.63) is 35.9 Å². The Bertz CT molecular complexity index is 476. The van der Waals surface area contributed by atoms with E-state index in [1.807, 2.05) is 16.8 Å². The predicted molar refractivity (Wildman–Crippen MR) is 88.9 cm³/mol. The second-order valence-corrected chi connectivity index (χ2v) is 6.66. The van der Waals surface area contributed by atoms with Gasteiger partial charge < -0.3 is 15.1 Å². The van der Waals surface area contributed by atoms with E-state index in [1.165, 1.54) is 5.56 Å². The average Bonchev–Trinajstić information content (AvgIpc) is 3.10. The van der Waals surface area contributed by atoms with E-state index in [0.717, 1.165) is 51.9 Å². The monoisotopic (exact) mass is 301 g/mol. The van der Waals surface area contributed by atoms with Crippen LogP contribution < -0.4 is 5.32 Å². The molecule has 4 heteroatoms. The summed E-state index contributed by atoms with van der Waals surface area (Å²) >= 11 is 0. The van der Waals surface area contributed by atoms with Gasteiger partial charge in [0.05, 0.1) is 0 Å². The smallest absolute Gasteiger partial charge is 0.320 e. The first-order chi connectivity index (χ1) is 10.7. The molecule has 2 heterocycles. The van der Waals surface area contributed by atoms with E-state index >= 15 is 0 Å². The molecule has 2 fully saturated rings. The Kier molecular flexibility index (Phi) is 4.98. The van der Waals surface area contributed by atoms with Crippen molar-refractivity contribution in [2.45, 2.75) is 31.7 Å². The van der Waals surface area contributed by atoms with Crippen LogP contribution >= 0.6 is 0 Å². The molecule has 1 N–H and O–H groups in total. The third-order valence-corrected chi connectivity index (χ3v) is 5.14. The molecule has 4 nitrogen and oxygen atoms in total. The number of carbonyl (C=O) groups excluding carboxylic acids is 1. The maximum absolute atomic E-state index is 12.6. The van der Waals surface area contributed by atoms with Crippen LogP contribution in [0.4, 0.5) is 4.79 Å². The van der Waals surface area contributed by atoms with Gasteiger partial charge in [-0.1, -0.05) is 30.3 Å². The molecule has 0 bridgehead atoms. The molecule has 0 saturated carbocycles. The quantitative estimate of drug-likeness (QED) is 0.930. The van der Waals surface area contributed by atoms with Gasteiger partial charge in [-0.15, -0.1) is 0 Å². The zero-order valence-corrected chi connectivity index (χ0v) is 13.5. The van der Waals surface area contributed by atoms with Gasteiger partial charge in [-0.25, -0.2) is 4.79 Å². The van der Waals surface area contributed by atoms with Crippen LogP contribution in [0.3, 0.4) is 0 Å².